The summed E-state index contributed by atoms with van der Waals surface area (Å²) in [5.74, 6) is -1.93. The van der Waals surface area contributed by atoms with Gasteiger partial charge in [-0.25, -0.2) is 9.59 Å². The van der Waals surface area contributed by atoms with Gasteiger partial charge >= 0.3 is 11.9 Å². The lowest BCUT2D eigenvalue weighted by Gasteiger charge is -2.26. The van der Waals surface area contributed by atoms with Crippen LogP contribution in [0.1, 0.15) is 19.8 Å². The molecule has 1 aliphatic carbocycles. The number of anilines is 2. The van der Waals surface area contributed by atoms with Crippen molar-refractivity contribution in [3.05, 3.63) is 74.9 Å². The van der Waals surface area contributed by atoms with Crippen LogP contribution in [0.5, 0.6) is 0 Å². The highest BCUT2D eigenvalue weighted by Crippen LogP contribution is 2.44. The molecular formula is C22H14Cl8N2O4. The fraction of sp³-hybridized carbons (Fsp3) is 0.182. The molecule has 192 valence electrons. The van der Waals surface area contributed by atoms with Crippen LogP contribution in [0, 0.1) is 0 Å². The van der Waals surface area contributed by atoms with Crippen LogP contribution in [-0.4, -0.2) is 23.7 Å². The number of carbonyl (C=O) groups excluding carboxylic acids is 1. The minimum atomic E-state index is -1.25. The molecule has 0 fully saturated rings. The van der Waals surface area contributed by atoms with Gasteiger partial charge in [0.05, 0.1) is 69.3 Å². The van der Waals surface area contributed by atoms with Crippen molar-refractivity contribution in [1.29, 1.82) is 0 Å². The Morgan fingerprint density at radius 3 is 1.58 bits per heavy atom. The van der Waals surface area contributed by atoms with Crippen LogP contribution < -0.4 is 10.6 Å². The average molecular weight is 654 g/mol. The molecule has 0 saturated heterocycles. The first-order valence-corrected chi connectivity index (χ1v) is 12.9. The van der Waals surface area contributed by atoms with E-state index in [0.717, 1.165) is 0 Å². The number of rotatable bonds is 7. The number of carbonyl (C=O) groups is 2. The monoisotopic (exact) mass is 650 g/mol. The first-order valence-electron chi connectivity index (χ1n) is 9.91. The molecule has 1 aliphatic rings. The molecule has 0 aromatic heterocycles. The molecule has 0 atom stereocenters. The first-order chi connectivity index (χ1) is 16.9. The van der Waals surface area contributed by atoms with Crippen molar-refractivity contribution in [2.45, 2.75) is 19.8 Å². The number of benzene rings is 2. The molecule has 0 aliphatic heterocycles. The number of ether oxygens (including phenoxy) is 1. The normalized spacial score (nSPS) is 13.7. The van der Waals surface area contributed by atoms with Gasteiger partial charge in [-0.2, -0.15) is 0 Å². The number of allylic oxidation sites excluding steroid dienone is 2. The first kappa shape index (κ1) is 29.3. The average Bonchev–Trinajstić information content (AvgIpc) is 2.83. The molecule has 14 heteroatoms. The maximum Gasteiger partial charge on any atom is 0.336 e. The van der Waals surface area contributed by atoms with Crippen molar-refractivity contribution in [3.8, 4) is 0 Å². The summed E-state index contributed by atoms with van der Waals surface area (Å²) < 4.78 is 5.19. The van der Waals surface area contributed by atoms with E-state index in [2.05, 4.69) is 10.6 Å². The van der Waals surface area contributed by atoms with Crippen LogP contribution in [0.2, 0.25) is 40.2 Å². The van der Waals surface area contributed by atoms with E-state index < -0.39 is 11.9 Å². The fourth-order valence-corrected chi connectivity index (χ4v) is 4.99. The summed E-state index contributed by atoms with van der Waals surface area (Å²) in [5, 5.41) is 16.1. The highest BCUT2D eigenvalue weighted by molar-refractivity contribution is 6.53. The molecule has 0 saturated carbocycles. The molecule has 0 amide bonds. The standard InChI is InChI=1S/C22H14Cl8N2O4/c1-2-36-22(35)8-4-11(31-13-5-9(23)15(25)19(29)17(13)27)7(21(33)34)3-12(8)32-14-6-10(24)16(26)20(30)18(14)28/h5-6,31-32H,2-4H2,1H3,(H,33,34). The van der Waals surface area contributed by atoms with Crippen molar-refractivity contribution in [3.63, 3.8) is 0 Å². The van der Waals surface area contributed by atoms with Crippen LogP contribution in [-0.2, 0) is 14.3 Å². The zero-order valence-corrected chi connectivity index (χ0v) is 24.0. The zero-order chi connectivity index (χ0) is 26.9. The molecule has 3 N–H and O–H groups in total. The van der Waals surface area contributed by atoms with Crippen LogP contribution >= 0.6 is 92.8 Å². The molecule has 6 nitrogen and oxygen atoms in total. The van der Waals surface area contributed by atoms with Gasteiger partial charge < -0.3 is 20.5 Å². The second-order valence-electron chi connectivity index (χ2n) is 7.24. The number of halogens is 8. The Morgan fingerprint density at radius 2 is 1.17 bits per heavy atom. The van der Waals surface area contributed by atoms with E-state index in [4.69, 9.17) is 97.5 Å². The summed E-state index contributed by atoms with van der Waals surface area (Å²) in [6, 6.07) is 2.80. The Labute approximate surface area is 246 Å². The Kier molecular flexibility index (Phi) is 9.86. The lowest BCUT2D eigenvalue weighted by atomic mass is 9.92. The SMILES string of the molecule is CCOC(=O)C1=C(Nc2cc(Cl)c(Cl)c(Cl)c2Cl)CC(C(=O)O)=C(Nc2cc(Cl)c(Cl)c(Cl)c2Cl)C1. The summed E-state index contributed by atoms with van der Waals surface area (Å²) >= 11 is 49.2. The highest BCUT2D eigenvalue weighted by atomic mass is 35.5. The number of aliphatic carboxylic acids is 1. The van der Waals surface area contributed by atoms with E-state index in [1.54, 1.807) is 6.92 Å². The van der Waals surface area contributed by atoms with Crippen LogP contribution in [0.25, 0.3) is 0 Å². The smallest absolute Gasteiger partial charge is 0.336 e. The number of carboxylic acid groups (broad SMARTS) is 1. The van der Waals surface area contributed by atoms with Crippen LogP contribution in [0.4, 0.5) is 11.4 Å². The predicted molar refractivity (Wildman–Crippen MR) is 148 cm³/mol. The number of hydrogen-bond acceptors (Lipinski definition) is 5. The third kappa shape index (κ3) is 6.08. The van der Waals surface area contributed by atoms with E-state index in [-0.39, 0.29) is 93.5 Å². The van der Waals surface area contributed by atoms with E-state index >= 15 is 0 Å². The number of hydrogen-bond donors (Lipinski definition) is 3. The summed E-state index contributed by atoms with van der Waals surface area (Å²) in [7, 11) is 0. The topological polar surface area (TPSA) is 87.7 Å². The largest absolute Gasteiger partial charge is 0.478 e. The molecule has 0 bridgehead atoms. The Bertz CT molecular complexity index is 1340. The van der Waals surface area contributed by atoms with Gasteiger partial charge in [-0.15, -0.1) is 0 Å². The lowest BCUT2D eigenvalue weighted by molar-refractivity contribution is -0.139. The van der Waals surface area contributed by atoms with E-state index in [1.807, 2.05) is 0 Å². The Balaban J connectivity index is 2.09. The minimum absolute atomic E-state index is 0.00933. The van der Waals surface area contributed by atoms with Gasteiger partial charge in [0.1, 0.15) is 0 Å². The van der Waals surface area contributed by atoms with Gasteiger partial charge in [-0.05, 0) is 19.1 Å². The van der Waals surface area contributed by atoms with Gasteiger partial charge in [0, 0.05) is 24.2 Å². The molecule has 0 heterocycles. The van der Waals surface area contributed by atoms with Crippen molar-refractivity contribution in [2.24, 2.45) is 0 Å². The third-order valence-corrected chi connectivity index (χ3v) is 8.49. The molecule has 0 unspecified atom stereocenters. The molecule has 0 radical (unpaired) electrons. The molecule has 2 aromatic carbocycles. The van der Waals surface area contributed by atoms with E-state index in [1.165, 1.54) is 12.1 Å². The lowest BCUT2D eigenvalue weighted by Crippen LogP contribution is -2.24. The summed E-state index contributed by atoms with van der Waals surface area (Å²) in [4.78, 5) is 25.0. The third-order valence-electron chi connectivity index (χ3n) is 4.99. The van der Waals surface area contributed by atoms with Crippen LogP contribution in [0.15, 0.2) is 34.7 Å². The minimum Gasteiger partial charge on any atom is -0.478 e. The zero-order valence-electron chi connectivity index (χ0n) is 18.0. The summed E-state index contributed by atoms with van der Waals surface area (Å²) in [5.41, 5.74) is 0.838. The van der Waals surface area contributed by atoms with E-state index in [9.17, 15) is 14.7 Å². The van der Waals surface area contributed by atoms with Crippen molar-refractivity contribution in [2.75, 3.05) is 17.2 Å². The van der Waals surface area contributed by atoms with Crippen molar-refractivity contribution in [1.82, 2.24) is 0 Å². The molecule has 2 aromatic rings. The molecular weight excluding hydrogens is 640 g/mol. The van der Waals surface area contributed by atoms with Crippen LogP contribution in [0.3, 0.4) is 0 Å². The van der Waals surface area contributed by atoms with Gasteiger partial charge in [0.2, 0.25) is 0 Å². The predicted octanol–water partition coefficient (Wildman–Crippen LogP) is 9.39. The van der Waals surface area contributed by atoms with Gasteiger partial charge in [0.15, 0.2) is 0 Å². The highest BCUT2D eigenvalue weighted by Gasteiger charge is 2.31. The quantitative estimate of drug-likeness (QED) is 0.157. The molecule has 3 rings (SSSR count). The second kappa shape index (κ2) is 12.1. The van der Waals surface area contributed by atoms with Gasteiger partial charge in [-0.1, -0.05) is 92.8 Å². The maximum atomic E-state index is 12.9. The van der Waals surface area contributed by atoms with Gasteiger partial charge in [0.25, 0.3) is 0 Å². The van der Waals surface area contributed by atoms with Crippen molar-refractivity contribution < 1.29 is 19.4 Å². The summed E-state index contributed by atoms with van der Waals surface area (Å²) in [6.45, 7) is 1.72. The fourth-order valence-electron chi connectivity index (χ4n) is 3.29. The maximum absolute atomic E-state index is 12.9. The Morgan fingerprint density at radius 1 is 0.750 bits per heavy atom. The number of esters is 1. The second-order valence-corrected chi connectivity index (χ2v) is 10.3. The Hall–Kier alpha value is -1.22. The number of nitrogens with one attached hydrogen (secondary N) is 2. The van der Waals surface area contributed by atoms with Crippen molar-refractivity contribution >= 4 is 116 Å². The van der Waals surface area contributed by atoms with E-state index in [0.29, 0.717) is 0 Å². The molecule has 36 heavy (non-hydrogen) atoms. The number of carboxylic acids is 1. The van der Waals surface area contributed by atoms with Gasteiger partial charge in [-0.3, -0.25) is 0 Å². The molecule has 0 spiro atoms. The summed E-state index contributed by atoms with van der Waals surface area (Å²) in [6.07, 6.45) is -0.406.